The van der Waals surface area contributed by atoms with Crippen LogP contribution in [0.3, 0.4) is 0 Å². The van der Waals surface area contributed by atoms with Crippen LogP contribution < -0.4 is 4.74 Å². The highest BCUT2D eigenvalue weighted by Crippen LogP contribution is 2.42. The molecule has 1 aromatic heterocycles. The van der Waals surface area contributed by atoms with E-state index in [4.69, 9.17) is 4.74 Å². The monoisotopic (exact) mass is 203 g/mol. The second-order valence-corrected chi connectivity index (χ2v) is 4.94. The molecule has 15 heavy (non-hydrogen) atoms. The van der Waals surface area contributed by atoms with Gasteiger partial charge in [-0.15, -0.1) is 0 Å². The standard InChI is InChI=1S/C13H17NO/c1-2-11-7-10(1)8-13(9-11)15-12-3-5-14-6-4-12/h3-6,10-11,13H,1-2,7-9H2/t10-,11+,13+. The van der Waals surface area contributed by atoms with Crippen molar-refractivity contribution in [2.24, 2.45) is 11.8 Å². The molecule has 0 amide bonds. The molecule has 0 unspecified atom stereocenters. The quantitative estimate of drug-likeness (QED) is 0.737. The Bertz CT molecular complexity index is 313. The first kappa shape index (κ1) is 9.20. The van der Waals surface area contributed by atoms with Crippen molar-refractivity contribution in [3.8, 4) is 5.75 Å². The Labute approximate surface area is 90.7 Å². The average Bonchev–Trinajstić information content (AvgIpc) is 2.60. The molecule has 1 heterocycles. The average molecular weight is 203 g/mol. The molecule has 0 radical (unpaired) electrons. The van der Waals surface area contributed by atoms with Gasteiger partial charge in [0.25, 0.3) is 0 Å². The van der Waals surface area contributed by atoms with Crippen LogP contribution in [-0.2, 0) is 0 Å². The van der Waals surface area contributed by atoms with E-state index in [1.54, 1.807) is 12.4 Å². The summed E-state index contributed by atoms with van der Waals surface area (Å²) in [6, 6.07) is 3.91. The highest BCUT2D eigenvalue weighted by Gasteiger charge is 2.34. The fourth-order valence-electron chi connectivity index (χ4n) is 3.15. The van der Waals surface area contributed by atoms with Crippen molar-refractivity contribution in [3.05, 3.63) is 24.5 Å². The van der Waals surface area contributed by atoms with E-state index in [0.29, 0.717) is 6.10 Å². The third-order valence-corrected chi connectivity index (χ3v) is 3.79. The van der Waals surface area contributed by atoms with Crippen molar-refractivity contribution in [1.29, 1.82) is 0 Å². The summed E-state index contributed by atoms with van der Waals surface area (Å²) in [5, 5.41) is 0. The van der Waals surface area contributed by atoms with Crippen LogP contribution in [-0.4, -0.2) is 11.1 Å². The molecule has 2 aliphatic carbocycles. The lowest BCUT2D eigenvalue weighted by Gasteiger charge is -2.28. The Kier molecular flexibility index (Phi) is 2.35. The van der Waals surface area contributed by atoms with Crippen LogP contribution in [0, 0.1) is 11.8 Å². The fraction of sp³-hybridized carbons (Fsp3) is 0.615. The van der Waals surface area contributed by atoms with E-state index in [1.165, 1.54) is 32.1 Å². The molecule has 2 saturated carbocycles. The summed E-state index contributed by atoms with van der Waals surface area (Å²) in [5.41, 5.74) is 0. The zero-order valence-corrected chi connectivity index (χ0v) is 8.93. The first-order chi connectivity index (χ1) is 7.40. The lowest BCUT2D eigenvalue weighted by Crippen LogP contribution is -2.25. The number of ether oxygens (including phenoxy) is 1. The molecule has 0 aromatic carbocycles. The fourth-order valence-corrected chi connectivity index (χ4v) is 3.15. The molecule has 0 aliphatic heterocycles. The van der Waals surface area contributed by atoms with Gasteiger partial charge in [0.05, 0.1) is 6.10 Å². The molecule has 1 aromatic rings. The number of pyridine rings is 1. The molecule has 2 heteroatoms. The minimum Gasteiger partial charge on any atom is -0.490 e. The van der Waals surface area contributed by atoms with Gasteiger partial charge in [0.1, 0.15) is 5.75 Å². The van der Waals surface area contributed by atoms with Crippen molar-refractivity contribution in [2.45, 2.75) is 38.2 Å². The van der Waals surface area contributed by atoms with Crippen LogP contribution >= 0.6 is 0 Å². The second kappa shape index (κ2) is 3.84. The molecule has 2 bridgehead atoms. The Hall–Kier alpha value is -1.05. The topological polar surface area (TPSA) is 22.1 Å². The molecule has 2 nitrogen and oxygen atoms in total. The maximum Gasteiger partial charge on any atom is 0.122 e. The summed E-state index contributed by atoms with van der Waals surface area (Å²) < 4.78 is 6.00. The van der Waals surface area contributed by atoms with Gasteiger partial charge in [0.15, 0.2) is 0 Å². The highest BCUT2D eigenvalue weighted by molar-refractivity contribution is 5.17. The largest absolute Gasteiger partial charge is 0.490 e. The van der Waals surface area contributed by atoms with Crippen molar-refractivity contribution in [3.63, 3.8) is 0 Å². The van der Waals surface area contributed by atoms with Crippen molar-refractivity contribution in [2.75, 3.05) is 0 Å². The Morgan fingerprint density at radius 1 is 1.00 bits per heavy atom. The summed E-state index contributed by atoms with van der Waals surface area (Å²) >= 11 is 0. The van der Waals surface area contributed by atoms with Gasteiger partial charge in [-0.3, -0.25) is 4.98 Å². The Balaban J connectivity index is 1.65. The highest BCUT2D eigenvalue weighted by atomic mass is 16.5. The minimum atomic E-state index is 0.457. The lowest BCUT2D eigenvalue weighted by molar-refractivity contribution is 0.119. The van der Waals surface area contributed by atoms with Crippen molar-refractivity contribution in [1.82, 2.24) is 4.98 Å². The molecule has 2 fully saturated rings. The van der Waals surface area contributed by atoms with E-state index < -0.39 is 0 Å². The van der Waals surface area contributed by atoms with Gasteiger partial charge in [-0.05, 0) is 43.2 Å². The molecule has 3 rings (SSSR count). The molecule has 0 spiro atoms. The van der Waals surface area contributed by atoms with Crippen LogP contribution in [0.25, 0.3) is 0 Å². The lowest BCUT2D eigenvalue weighted by atomic mass is 9.87. The van der Waals surface area contributed by atoms with E-state index >= 15 is 0 Å². The number of rotatable bonds is 2. The van der Waals surface area contributed by atoms with Gasteiger partial charge in [-0.2, -0.15) is 0 Å². The molecular weight excluding hydrogens is 186 g/mol. The molecule has 0 saturated heterocycles. The maximum absolute atomic E-state index is 6.00. The Morgan fingerprint density at radius 2 is 1.67 bits per heavy atom. The number of hydrogen-bond acceptors (Lipinski definition) is 2. The molecule has 80 valence electrons. The normalized spacial score (nSPS) is 34.0. The number of fused-ring (bicyclic) bond motifs is 2. The summed E-state index contributed by atoms with van der Waals surface area (Å²) in [4.78, 5) is 4.00. The summed E-state index contributed by atoms with van der Waals surface area (Å²) in [6.45, 7) is 0. The van der Waals surface area contributed by atoms with E-state index in [2.05, 4.69) is 4.98 Å². The first-order valence-corrected chi connectivity index (χ1v) is 5.97. The van der Waals surface area contributed by atoms with E-state index in [-0.39, 0.29) is 0 Å². The summed E-state index contributed by atoms with van der Waals surface area (Å²) in [6.07, 6.45) is 10.9. The van der Waals surface area contributed by atoms with Crippen LogP contribution in [0.4, 0.5) is 0 Å². The predicted molar refractivity (Wildman–Crippen MR) is 58.7 cm³/mol. The maximum atomic E-state index is 6.00. The zero-order chi connectivity index (χ0) is 10.1. The minimum absolute atomic E-state index is 0.457. The van der Waals surface area contributed by atoms with E-state index in [9.17, 15) is 0 Å². The van der Waals surface area contributed by atoms with E-state index in [1.807, 2.05) is 12.1 Å². The molecule has 2 aliphatic rings. The van der Waals surface area contributed by atoms with Gasteiger partial charge in [-0.25, -0.2) is 0 Å². The van der Waals surface area contributed by atoms with Gasteiger partial charge in [0, 0.05) is 12.4 Å². The van der Waals surface area contributed by atoms with Crippen LogP contribution in [0.1, 0.15) is 32.1 Å². The van der Waals surface area contributed by atoms with E-state index in [0.717, 1.165) is 17.6 Å². The van der Waals surface area contributed by atoms with Crippen molar-refractivity contribution < 1.29 is 4.74 Å². The summed E-state index contributed by atoms with van der Waals surface area (Å²) in [7, 11) is 0. The van der Waals surface area contributed by atoms with Gasteiger partial charge in [0.2, 0.25) is 0 Å². The summed E-state index contributed by atoms with van der Waals surface area (Å²) in [5.74, 6) is 2.86. The first-order valence-electron chi connectivity index (χ1n) is 5.97. The molecule has 3 atom stereocenters. The van der Waals surface area contributed by atoms with Gasteiger partial charge >= 0.3 is 0 Å². The van der Waals surface area contributed by atoms with Gasteiger partial charge in [-0.1, -0.05) is 12.8 Å². The number of nitrogens with zero attached hydrogens (tertiary/aromatic N) is 1. The third kappa shape index (κ3) is 1.99. The Morgan fingerprint density at radius 3 is 2.33 bits per heavy atom. The molecule has 0 N–H and O–H groups in total. The van der Waals surface area contributed by atoms with Crippen LogP contribution in [0.2, 0.25) is 0 Å². The second-order valence-electron chi connectivity index (χ2n) is 4.94. The number of aromatic nitrogens is 1. The SMILES string of the molecule is c1cc(O[C@H]2C[C@@H]3CC[C@@H](C3)C2)ccn1. The van der Waals surface area contributed by atoms with Crippen LogP contribution in [0.5, 0.6) is 5.75 Å². The molecular formula is C13H17NO. The predicted octanol–water partition coefficient (Wildman–Crippen LogP) is 3.04. The van der Waals surface area contributed by atoms with Gasteiger partial charge < -0.3 is 4.74 Å². The van der Waals surface area contributed by atoms with Crippen molar-refractivity contribution >= 4 is 0 Å². The number of hydrogen-bond donors (Lipinski definition) is 0. The third-order valence-electron chi connectivity index (χ3n) is 3.79. The smallest absolute Gasteiger partial charge is 0.122 e. The van der Waals surface area contributed by atoms with Crippen LogP contribution in [0.15, 0.2) is 24.5 Å². The zero-order valence-electron chi connectivity index (χ0n) is 8.93.